The molecule has 0 radical (unpaired) electrons. The third-order valence-electron chi connectivity index (χ3n) is 8.19. The van der Waals surface area contributed by atoms with Gasteiger partial charge in [-0.15, -0.1) is 0 Å². The van der Waals surface area contributed by atoms with Crippen LogP contribution in [0.25, 0.3) is 11.1 Å². The summed E-state index contributed by atoms with van der Waals surface area (Å²) in [4.78, 5) is 31.8. The van der Waals surface area contributed by atoms with E-state index in [1.54, 1.807) is 0 Å². The lowest BCUT2D eigenvalue weighted by molar-refractivity contribution is -0.136. The molecule has 38 heavy (non-hydrogen) atoms. The van der Waals surface area contributed by atoms with E-state index in [1.807, 2.05) is 68.4 Å². The van der Waals surface area contributed by atoms with Crippen molar-refractivity contribution in [2.24, 2.45) is 5.41 Å². The zero-order chi connectivity index (χ0) is 26.7. The standard InChI is InChI=1S/C31H36N4O3/c1-21-26(18-27(36)37)29(35-16-13-31(14-17-35)12-15-32-20-31)28(22(2)34-21)24-8-10-25(11-9-24)30(38)33-19-23-6-4-3-5-7-23/h3-11,32H,12-20H2,1-2H3,(H,33,38)(H,36,37). The Morgan fingerprint density at radius 3 is 2.34 bits per heavy atom. The highest BCUT2D eigenvalue weighted by atomic mass is 16.4. The Balaban J connectivity index is 1.45. The SMILES string of the molecule is Cc1nc(C)c(-c2ccc(C(=O)NCc3ccccc3)cc2)c(N2CCC3(CCNC3)CC2)c1CC(=O)O. The highest BCUT2D eigenvalue weighted by molar-refractivity contribution is 5.95. The summed E-state index contributed by atoms with van der Waals surface area (Å²) in [5.41, 5.74) is 7.30. The molecule has 7 heteroatoms. The molecule has 0 bridgehead atoms. The fourth-order valence-electron chi connectivity index (χ4n) is 6.02. The van der Waals surface area contributed by atoms with Gasteiger partial charge < -0.3 is 20.6 Å². The number of pyridine rings is 1. The zero-order valence-corrected chi connectivity index (χ0v) is 22.2. The van der Waals surface area contributed by atoms with E-state index in [2.05, 4.69) is 15.5 Å². The Labute approximate surface area is 224 Å². The summed E-state index contributed by atoms with van der Waals surface area (Å²) in [6.07, 6.45) is 3.32. The van der Waals surface area contributed by atoms with E-state index in [0.29, 0.717) is 17.5 Å². The maximum atomic E-state index is 12.8. The number of piperidine rings is 1. The van der Waals surface area contributed by atoms with Crippen LogP contribution in [0.3, 0.4) is 0 Å². The first-order valence-electron chi connectivity index (χ1n) is 13.5. The highest BCUT2D eigenvalue weighted by Crippen LogP contribution is 2.43. The average molecular weight is 513 g/mol. The fourth-order valence-corrected chi connectivity index (χ4v) is 6.02. The smallest absolute Gasteiger partial charge is 0.307 e. The van der Waals surface area contributed by atoms with Crippen LogP contribution >= 0.6 is 0 Å². The van der Waals surface area contributed by atoms with Crippen LogP contribution in [0.5, 0.6) is 0 Å². The van der Waals surface area contributed by atoms with Gasteiger partial charge in [0.25, 0.3) is 5.91 Å². The first-order valence-corrected chi connectivity index (χ1v) is 13.5. The molecule has 2 aromatic carbocycles. The number of carboxylic acids is 1. The van der Waals surface area contributed by atoms with Crippen molar-refractivity contribution in [3.8, 4) is 11.1 Å². The molecule has 198 valence electrons. The maximum absolute atomic E-state index is 12.8. The van der Waals surface area contributed by atoms with Crippen LogP contribution in [0, 0.1) is 19.3 Å². The van der Waals surface area contributed by atoms with Crippen LogP contribution in [-0.4, -0.2) is 48.1 Å². The van der Waals surface area contributed by atoms with Gasteiger partial charge >= 0.3 is 5.97 Å². The van der Waals surface area contributed by atoms with Crippen molar-refractivity contribution < 1.29 is 14.7 Å². The second-order valence-electron chi connectivity index (χ2n) is 10.7. The summed E-state index contributed by atoms with van der Waals surface area (Å²) >= 11 is 0. The minimum Gasteiger partial charge on any atom is -0.481 e. The molecule has 0 atom stereocenters. The molecule has 0 unspecified atom stereocenters. The van der Waals surface area contributed by atoms with Gasteiger partial charge in [-0.05, 0) is 68.3 Å². The van der Waals surface area contributed by atoms with Crippen LogP contribution in [0.2, 0.25) is 0 Å². The molecule has 2 aliphatic rings. The van der Waals surface area contributed by atoms with Crippen molar-refractivity contribution >= 4 is 17.6 Å². The number of amides is 1. The van der Waals surface area contributed by atoms with Gasteiger partial charge in [-0.3, -0.25) is 14.6 Å². The quantitative estimate of drug-likeness (QED) is 0.432. The molecule has 3 heterocycles. The number of nitrogens with one attached hydrogen (secondary N) is 2. The average Bonchev–Trinajstić information content (AvgIpc) is 3.37. The van der Waals surface area contributed by atoms with E-state index < -0.39 is 5.97 Å². The molecule has 0 aliphatic carbocycles. The monoisotopic (exact) mass is 512 g/mol. The molecule has 7 nitrogen and oxygen atoms in total. The number of carbonyl (C=O) groups is 2. The van der Waals surface area contributed by atoms with E-state index >= 15 is 0 Å². The molecular weight excluding hydrogens is 476 g/mol. The molecular formula is C31H36N4O3. The second-order valence-corrected chi connectivity index (χ2v) is 10.7. The van der Waals surface area contributed by atoms with Gasteiger partial charge in [-0.25, -0.2) is 0 Å². The molecule has 2 saturated heterocycles. The van der Waals surface area contributed by atoms with Gasteiger partial charge in [0.2, 0.25) is 0 Å². The van der Waals surface area contributed by atoms with Gasteiger partial charge in [0.1, 0.15) is 0 Å². The Kier molecular flexibility index (Phi) is 7.47. The Morgan fingerprint density at radius 2 is 1.71 bits per heavy atom. The van der Waals surface area contributed by atoms with E-state index in [-0.39, 0.29) is 12.3 Å². The van der Waals surface area contributed by atoms with Crippen molar-refractivity contribution in [3.05, 3.63) is 82.7 Å². The number of hydrogen-bond donors (Lipinski definition) is 3. The van der Waals surface area contributed by atoms with Gasteiger partial charge in [-0.2, -0.15) is 0 Å². The van der Waals surface area contributed by atoms with Crippen molar-refractivity contribution in [2.45, 2.75) is 46.1 Å². The number of carbonyl (C=O) groups excluding carboxylic acids is 1. The van der Waals surface area contributed by atoms with Crippen molar-refractivity contribution in [1.82, 2.24) is 15.6 Å². The second kappa shape index (κ2) is 11.0. The number of carboxylic acid groups (broad SMARTS) is 1. The van der Waals surface area contributed by atoms with Gasteiger partial charge in [0.15, 0.2) is 0 Å². The number of aliphatic carboxylic acids is 1. The van der Waals surface area contributed by atoms with E-state index in [1.165, 1.54) is 6.42 Å². The first-order chi connectivity index (χ1) is 18.3. The topological polar surface area (TPSA) is 94.6 Å². The van der Waals surface area contributed by atoms with Gasteiger partial charge in [0.05, 0.1) is 12.1 Å². The van der Waals surface area contributed by atoms with Crippen molar-refractivity contribution in [3.63, 3.8) is 0 Å². The van der Waals surface area contributed by atoms with Crippen molar-refractivity contribution in [1.29, 1.82) is 0 Å². The van der Waals surface area contributed by atoms with Crippen LogP contribution < -0.4 is 15.5 Å². The summed E-state index contributed by atoms with van der Waals surface area (Å²) in [5.74, 6) is -0.984. The number of benzene rings is 2. The predicted octanol–water partition coefficient (Wildman–Crippen LogP) is 4.50. The summed E-state index contributed by atoms with van der Waals surface area (Å²) in [5, 5.41) is 16.2. The molecule has 0 saturated carbocycles. The molecule has 2 aliphatic heterocycles. The normalized spacial score (nSPS) is 16.5. The first kappa shape index (κ1) is 25.9. The lowest BCUT2D eigenvalue weighted by Crippen LogP contribution is -2.42. The number of anilines is 1. The lowest BCUT2D eigenvalue weighted by Gasteiger charge is -2.41. The number of rotatable bonds is 7. The summed E-state index contributed by atoms with van der Waals surface area (Å²) in [7, 11) is 0. The summed E-state index contributed by atoms with van der Waals surface area (Å²) < 4.78 is 0. The minimum atomic E-state index is -0.857. The zero-order valence-electron chi connectivity index (χ0n) is 22.2. The van der Waals surface area contributed by atoms with Crippen molar-refractivity contribution in [2.75, 3.05) is 31.1 Å². The molecule has 2 fully saturated rings. The number of aromatic nitrogens is 1. The number of aryl methyl sites for hydroxylation is 2. The van der Waals surface area contributed by atoms with Crippen LogP contribution in [-0.2, 0) is 17.8 Å². The minimum absolute atomic E-state index is 0.0649. The molecule has 5 rings (SSSR count). The predicted molar refractivity (Wildman–Crippen MR) is 149 cm³/mol. The third-order valence-corrected chi connectivity index (χ3v) is 8.19. The Morgan fingerprint density at radius 1 is 1.00 bits per heavy atom. The highest BCUT2D eigenvalue weighted by Gasteiger charge is 2.38. The maximum Gasteiger partial charge on any atom is 0.307 e. The Hall–Kier alpha value is -3.71. The van der Waals surface area contributed by atoms with Gasteiger partial charge in [0, 0.05) is 54.3 Å². The van der Waals surface area contributed by atoms with Crippen LogP contribution in [0.4, 0.5) is 5.69 Å². The number of nitrogens with zero attached hydrogens (tertiary/aromatic N) is 2. The van der Waals surface area contributed by atoms with E-state index in [9.17, 15) is 14.7 Å². The molecule has 1 aromatic heterocycles. The molecule has 3 N–H and O–H groups in total. The third kappa shape index (κ3) is 5.43. The molecule has 1 amide bonds. The lowest BCUT2D eigenvalue weighted by atomic mass is 9.77. The molecule has 1 spiro atoms. The number of hydrogen-bond acceptors (Lipinski definition) is 5. The Bertz CT molecular complexity index is 1310. The van der Waals surface area contributed by atoms with E-state index in [4.69, 9.17) is 4.98 Å². The van der Waals surface area contributed by atoms with Gasteiger partial charge in [-0.1, -0.05) is 42.5 Å². The van der Waals surface area contributed by atoms with Crippen LogP contribution in [0.15, 0.2) is 54.6 Å². The summed E-state index contributed by atoms with van der Waals surface area (Å²) in [6.45, 7) is 8.30. The fraction of sp³-hybridized carbons (Fsp3) is 0.387. The van der Waals surface area contributed by atoms with Crippen LogP contribution in [0.1, 0.15) is 52.1 Å². The van der Waals surface area contributed by atoms with E-state index in [0.717, 1.165) is 78.3 Å². The molecule has 3 aromatic rings. The summed E-state index contributed by atoms with van der Waals surface area (Å²) in [6, 6.07) is 17.4. The largest absolute Gasteiger partial charge is 0.481 e.